The Bertz CT molecular complexity index is 232. The Morgan fingerprint density at radius 2 is 1.94 bits per heavy atom. The summed E-state index contributed by atoms with van der Waals surface area (Å²) in [5.74, 6) is 0.0570. The first-order valence-corrected chi connectivity index (χ1v) is 5.88. The molecule has 0 aromatic rings. The van der Waals surface area contributed by atoms with Crippen molar-refractivity contribution >= 4 is 5.91 Å². The molecule has 5 nitrogen and oxygen atoms in total. The summed E-state index contributed by atoms with van der Waals surface area (Å²) in [5.41, 5.74) is -0.574. The van der Waals surface area contributed by atoms with E-state index in [0.29, 0.717) is 19.8 Å². The van der Waals surface area contributed by atoms with Gasteiger partial charge < -0.3 is 19.7 Å². The van der Waals surface area contributed by atoms with Gasteiger partial charge in [-0.15, -0.1) is 0 Å². The summed E-state index contributed by atoms with van der Waals surface area (Å²) in [5, 5.41) is 3.02. The molecule has 0 aromatic heterocycles. The average molecular weight is 246 g/mol. The lowest BCUT2D eigenvalue weighted by molar-refractivity contribution is -0.140. The van der Waals surface area contributed by atoms with Crippen molar-refractivity contribution in [3.05, 3.63) is 0 Å². The van der Waals surface area contributed by atoms with E-state index in [1.807, 2.05) is 20.8 Å². The molecule has 0 fully saturated rings. The highest BCUT2D eigenvalue weighted by Gasteiger charge is 2.32. The normalized spacial score (nSPS) is 13.5. The molecule has 17 heavy (non-hydrogen) atoms. The molecule has 0 aliphatic carbocycles. The van der Waals surface area contributed by atoms with Gasteiger partial charge in [-0.1, -0.05) is 0 Å². The molecule has 1 N–H and O–H groups in total. The molecule has 0 rings (SSSR count). The molecule has 0 saturated heterocycles. The molecule has 0 bridgehead atoms. The van der Waals surface area contributed by atoms with Crippen LogP contribution in [0.15, 0.2) is 0 Å². The number of nitrogens with one attached hydrogen (secondary N) is 1. The molecule has 1 unspecified atom stereocenters. The number of hydrogen-bond acceptors (Lipinski definition) is 4. The molecule has 0 aromatic carbocycles. The van der Waals surface area contributed by atoms with Gasteiger partial charge >= 0.3 is 0 Å². The standard InChI is InChI=1S/C12H26N2O3/c1-10(9-17-6)14(7-8-16-5)11(15)12(2,3)13-4/h10,13H,7-9H2,1-6H3. The Morgan fingerprint density at radius 1 is 1.35 bits per heavy atom. The van der Waals surface area contributed by atoms with E-state index < -0.39 is 5.54 Å². The first-order chi connectivity index (χ1) is 7.90. The van der Waals surface area contributed by atoms with Crippen LogP contribution in [-0.4, -0.2) is 63.4 Å². The molecule has 0 heterocycles. The number of likely N-dealkylation sites (N-methyl/N-ethyl adjacent to an activating group) is 1. The minimum absolute atomic E-state index is 0.0373. The highest BCUT2D eigenvalue weighted by atomic mass is 16.5. The zero-order chi connectivity index (χ0) is 13.5. The van der Waals surface area contributed by atoms with Gasteiger partial charge in [0.2, 0.25) is 5.91 Å². The van der Waals surface area contributed by atoms with Crippen molar-refractivity contribution in [3.63, 3.8) is 0 Å². The fraction of sp³-hybridized carbons (Fsp3) is 0.917. The lowest BCUT2D eigenvalue weighted by Gasteiger charge is -2.35. The molecule has 0 aliphatic rings. The predicted molar refractivity (Wildman–Crippen MR) is 68.1 cm³/mol. The summed E-state index contributed by atoms with van der Waals surface area (Å²) < 4.78 is 10.1. The number of carbonyl (C=O) groups excluding carboxylic acids is 1. The molecular formula is C12H26N2O3. The van der Waals surface area contributed by atoms with Crippen LogP contribution < -0.4 is 5.32 Å². The highest BCUT2D eigenvalue weighted by molar-refractivity contribution is 5.85. The fourth-order valence-corrected chi connectivity index (χ4v) is 1.51. The van der Waals surface area contributed by atoms with Crippen molar-refractivity contribution < 1.29 is 14.3 Å². The van der Waals surface area contributed by atoms with Crippen LogP contribution in [0.25, 0.3) is 0 Å². The van der Waals surface area contributed by atoms with Gasteiger partial charge in [-0.3, -0.25) is 4.79 Å². The van der Waals surface area contributed by atoms with Crippen molar-refractivity contribution in [2.24, 2.45) is 0 Å². The van der Waals surface area contributed by atoms with Gasteiger partial charge in [0.1, 0.15) is 0 Å². The van der Waals surface area contributed by atoms with E-state index in [1.54, 1.807) is 26.2 Å². The third kappa shape index (κ3) is 5.02. The number of nitrogens with zero attached hydrogens (tertiary/aromatic N) is 1. The van der Waals surface area contributed by atoms with Crippen molar-refractivity contribution in [3.8, 4) is 0 Å². The number of amides is 1. The Labute approximate surface area is 104 Å². The number of hydrogen-bond donors (Lipinski definition) is 1. The molecule has 0 spiro atoms. The predicted octanol–water partition coefficient (Wildman–Crippen LogP) is 0.494. The second-order valence-electron chi connectivity index (χ2n) is 4.67. The van der Waals surface area contributed by atoms with Crippen molar-refractivity contribution in [1.82, 2.24) is 10.2 Å². The van der Waals surface area contributed by atoms with Gasteiger partial charge in [0, 0.05) is 20.8 Å². The van der Waals surface area contributed by atoms with Crippen LogP contribution in [-0.2, 0) is 14.3 Å². The topological polar surface area (TPSA) is 50.8 Å². The van der Waals surface area contributed by atoms with E-state index >= 15 is 0 Å². The second-order valence-corrected chi connectivity index (χ2v) is 4.67. The summed E-state index contributed by atoms with van der Waals surface area (Å²) in [4.78, 5) is 14.2. The van der Waals surface area contributed by atoms with E-state index in [0.717, 1.165) is 0 Å². The van der Waals surface area contributed by atoms with Crippen LogP contribution in [0.3, 0.4) is 0 Å². The maximum Gasteiger partial charge on any atom is 0.242 e. The average Bonchev–Trinajstić information content (AvgIpc) is 2.29. The number of rotatable bonds is 8. The Balaban J connectivity index is 4.72. The lowest BCUT2D eigenvalue weighted by Crippen LogP contribution is -2.56. The summed E-state index contributed by atoms with van der Waals surface area (Å²) in [6.45, 7) is 7.34. The summed E-state index contributed by atoms with van der Waals surface area (Å²) in [6, 6.07) is 0.0373. The Hall–Kier alpha value is -0.650. The van der Waals surface area contributed by atoms with Crippen LogP contribution in [0.2, 0.25) is 0 Å². The lowest BCUT2D eigenvalue weighted by atomic mass is 10.0. The minimum atomic E-state index is -0.574. The quantitative estimate of drug-likeness (QED) is 0.677. The maximum absolute atomic E-state index is 12.4. The van der Waals surface area contributed by atoms with Crippen LogP contribution in [0.1, 0.15) is 20.8 Å². The van der Waals surface area contributed by atoms with E-state index in [1.165, 1.54) is 0 Å². The minimum Gasteiger partial charge on any atom is -0.383 e. The molecule has 0 aliphatic heterocycles. The third-order valence-electron chi connectivity index (χ3n) is 2.90. The Morgan fingerprint density at radius 3 is 2.35 bits per heavy atom. The van der Waals surface area contributed by atoms with E-state index in [-0.39, 0.29) is 11.9 Å². The maximum atomic E-state index is 12.4. The van der Waals surface area contributed by atoms with Gasteiger partial charge in [0.15, 0.2) is 0 Å². The zero-order valence-corrected chi connectivity index (χ0v) is 11.9. The molecule has 5 heteroatoms. The molecule has 102 valence electrons. The molecule has 1 amide bonds. The van der Waals surface area contributed by atoms with E-state index in [9.17, 15) is 4.79 Å². The largest absolute Gasteiger partial charge is 0.383 e. The molecule has 0 saturated carbocycles. The molecule has 1 atom stereocenters. The van der Waals surface area contributed by atoms with Crippen LogP contribution in [0.5, 0.6) is 0 Å². The fourth-order valence-electron chi connectivity index (χ4n) is 1.51. The van der Waals surface area contributed by atoms with Crippen LogP contribution in [0.4, 0.5) is 0 Å². The number of ether oxygens (including phenoxy) is 2. The van der Waals surface area contributed by atoms with E-state index in [2.05, 4.69) is 5.32 Å². The van der Waals surface area contributed by atoms with Gasteiger partial charge in [0.25, 0.3) is 0 Å². The van der Waals surface area contributed by atoms with Gasteiger partial charge in [-0.2, -0.15) is 0 Å². The first-order valence-electron chi connectivity index (χ1n) is 5.88. The van der Waals surface area contributed by atoms with Gasteiger partial charge in [-0.05, 0) is 27.8 Å². The summed E-state index contributed by atoms with van der Waals surface area (Å²) in [7, 11) is 5.05. The number of carbonyl (C=O) groups is 1. The SMILES string of the molecule is CNC(C)(C)C(=O)N(CCOC)C(C)COC. The third-order valence-corrected chi connectivity index (χ3v) is 2.90. The van der Waals surface area contributed by atoms with Crippen molar-refractivity contribution in [2.75, 3.05) is 41.0 Å². The highest BCUT2D eigenvalue weighted by Crippen LogP contribution is 2.11. The Kier molecular flexibility index (Phi) is 7.34. The zero-order valence-electron chi connectivity index (χ0n) is 11.9. The van der Waals surface area contributed by atoms with E-state index in [4.69, 9.17) is 9.47 Å². The van der Waals surface area contributed by atoms with Crippen LogP contribution >= 0.6 is 0 Å². The van der Waals surface area contributed by atoms with Crippen molar-refractivity contribution in [1.29, 1.82) is 0 Å². The molecule has 0 radical (unpaired) electrons. The monoisotopic (exact) mass is 246 g/mol. The summed E-state index contributed by atoms with van der Waals surface area (Å²) >= 11 is 0. The second kappa shape index (κ2) is 7.63. The molecular weight excluding hydrogens is 220 g/mol. The van der Waals surface area contributed by atoms with Crippen molar-refractivity contribution in [2.45, 2.75) is 32.4 Å². The number of methoxy groups -OCH3 is 2. The smallest absolute Gasteiger partial charge is 0.242 e. The first kappa shape index (κ1) is 16.4. The van der Waals surface area contributed by atoms with Gasteiger partial charge in [-0.25, -0.2) is 0 Å². The summed E-state index contributed by atoms with van der Waals surface area (Å²) in [6.07, 6.45) is 0. The van der Waals surface area contributed by atoms with Gasteiger partial charge in [0.05, 0.1) is 24.8 Å². The van der Waals surface area contributed by atoms with Crippen LogP contribution in [0, 0.1) is 0 Å².